The highest BCUT2D eigenvalue weighted by molar-refractivity contribution is 5.82. The molecule has 2 unspecified atom stereocenters. The molecule has 0 saturated carbocycles. The van der Waals surface area contributed by atoms with Crippen molar-refractivity contribution in [1.82, 2.24) is 9.80 Å². The molecule has 1 rings (SSSR count). The number of hydrogen-bond acceptors (Lipinski definition) is 3. The molecule has 1 amide bonds. The minimum absolute atomic E-state index is 0.127. The van der Waals surface area contributed by atoms with Crippen LogP contribution in [0.4, 0.5) is 0 Å². The van der Waals surface area contributed by atoms with Gasteiger partial charge in [0.25, 0.3) is 0 Å². The van der Waals surface area contributed by atoms with Crippen LogP contribution in [0, 0.1) is 11.8 Å². The van der Waals surface area contributed by atoms with Crippen molar-refractivity contribution in [3.63, 3.8) is 0 Å². The number of likely N-dealkylation sites (N-methyl/N-ethyl adjacent to an activating group) is 1. The van der Waals surface area contributed by atoms with Crippen molar-refractivity contribution >= 4 is 5.91 Å². The third kappa shape index (κ3) is 3.19. The van der Waals surface area contributed by atoms with E-state index in [1.54, 1.807) is 0 Å². The Morgan fingerprint density at radius 2 is 2.06 bits per heavy atom. The van der Waals surface area contributed by atoms with Gasteiger partial charge in [-0.1, -0.05) is 20.8 Å². The van der Waals surface area contributed by atoms with Gasteiger partial charge in [-0.05, 0) is 11.8 Å². The van der Waals surface area contributed by atoms with Crippen molar-refractivity contribution in [3.8, 4) is 0 Å². The van der Waals surface area contributed by atoms with E-state index in [1.165, 1.54) is 0 Å². The molecular formula is C12H25N3O. The lowest BCUT2D eigenvalue weighted by Crippen LogP contribution is -2.50. The lowest BCUT2D eigenvalue weighted by Gasteiger charge is -2.30. The van der Waals surface area contributed by atoms with Gasteiger partial charge in [0.15, 0.2) is 0 Å². The molecule has 1 heterocycles. The van der Waals surface area contributed by atoms with Gasteiger partial charge in [-0.2, -0.15) is 0 Å². The van der Waals surface area contributed by atoms with E-state index in [1.807, 2.05) is 11.9 Å². The summed E-state index contributed by atoms with van der Waals surface area (Å²) in [6.45, 7) is 9.72. The standard InChI is InChI=1S/C12H25N3O/c1-9(2)6-15-8-10(3)7-14(4)12(16)11(15)5-13/h9-11H,5-8,13H2,1-4H3. The zero-order chi connectivity index (χ0) is 12.3. The summed E-state index contributed by atoms with van der Waals surface area (Å²) < 4.78 is 0. The first-order valence-corrected chi connectivity index (χ1v) is 6.14. The van der Waals surface area contributed by atoms with Gasteiger partial charge in [-0.15, -0.1) is 0 Å². The number of nitrogens with two attached hydrogens (primary N) is 1. The van der Waals surface area contributed by atoms with E-state index < -0.39 is 0 Å². The molecule has 1 aliphatic heterocycles. The van der Waals surface area contributed by atoms with Gasteiger partial charge < -0.3 is 10.6 Å². The van der Waals surface area contributed by atoms with Crippen molar-refractivity contribution < 1.29 is 4.79 Å². The molecule has 0 aromatic rings. The van der Waals surface area contributed by atoms with Crippen molar-refractivity contribution in [2.75, 3.05) is 33.2 Å². The number of carbonyl (C=O) groups excluding carboxylic acids is 1. The molecule has 0 bridgehead atoms. The molecule has 1 aliphatic rings. The monoisotopic (exact) mass is 227 g/mol. The van der Waals surface area contributed by atoms with E-state index in [-0.39, 0.29) is 11.9 Å². The van der Waals surface area contributed by atoms with Gasteiger partial charge >= 0.3 is 0 Å². The maximum Gasteiger partial charge on any atom is 0.240 e. The van der Waals surface area contributed by atoms with E-state index in [2.05, 4.69) is 25.7 Å². The lowest BCUT2D eigenvalue weighted by atomic mass is 10.1. The maximum absolute atomic E-state index is 12.1. The Bertz CT molecular complexity index is 242. The van der Waals surface area contributed by atoms with E-state index in [4.69, 9.17) is 5.73 Å². The number of nitrogens with zero attached hydrogens (tertiary/aromatic N) is 2. The normalized spacial score (nSPS) is 28.6. The topological polar surface area (TPSA) is 49.6 Å². The first-order valence-electron chi connectivity index (χ1n) is 6.14. The highest BCUT2D eigenvalue weighted by Gasteiger charge is 2.32. The molecule has 0 radical (unpaired) electrons. The van der Waals surface area contributed by atoms with Crippen LogP contribution in [0.1, 0.15) is 20.8 Å². The van der Waals surface area contributed by atoms with Crippen LogP contribution in [0.5, 0.6) is 0 Å². The molecule has 4 heteroatoms. The molecule has 0 aromatic heterocycles. The van der Waals surface area contributed by atoms with Crippen LogP contribution >= 0.6 is 0 Å². The molecule has 2 atom stereocenters. The first kappa shape index (κ1) is 13.5. The Hall–Kier alpha value is -0.610. The number of rotatable bonds is 3. The Morgan fingerprint density at radius 3 is 2.56 bits per heavy atom. The fraction of sp³-hybridized carbons (Fsp3) is 0.917. The third-order valence-corrected chi connectivity index (χ3v) is 3.06. The van der Waals surface area contributed by atoms with Crippen molar-refractivity contribution in [2.24, 2.45) is 17.6 Å². The van der Waals surface area contributed by atoms with Crippen molar-refractivity contribution in [3.05, 3.63) is 0 Å². The predicted molar refractivity (Wildman–Crippen MR) is 66.1 cm³/mol. The molecule has 2 N–H and O–H groups in total. The molecule has 4 nitrogen and oxygen atoms in total. The fourth-order valence-electron chi connectivity index (χ4n) is 2.47. The summed E-state index contributed by atoms with van der Waals surface area (Å²) in [4.78, 5) is 16.2. The zero-order valence-electron chi connectivity index (χ0n) is 10.9. The summed E-state index contributed by atoms with van der Waals surface area (Å²) in [5, 5.41) is 0. The molecular weight excluding hydrogens is 202 g/mol. The highest BCUT2D eigenvalue weighted by Crippen LogP contribution is 2.15. The summed E-state index contributed by atoms with van der Waals surface area (Å²) in [7, 11) is 1.88. The van der Waals surface area contributed by atoms with E-state index in [0.29, 0.717) is 18.4 Å². The van der Waals surface area contributed by atoms with Crippen LogP contribution in [0.3, 0.4) is 0 Å². The minimum atomic E-state index is -0.127. The fourth-order valence-corrected chi connectivity index (χ4v) is 2.47. The second-order valence-electron chi connectivity index (χ2n) is 5.42. The van der Waals surface area contributed by atoms with Crippen LogP contribution in [0.2, 0.25) is 0 Å². The van der Waals surface area contributed by atoms with Gasteiger partial charge in [0.1, 0.15) is 6.04 Å². The average Bonchev–Trinajstić information content (AvgIpc) is 2.24. The van der Waals surface area contributed by atoms with Crippen LogP contribution in [0.25, 0.3) is 0 Å². The van der Waals surface area contributed by atoms with Gasteiger partial charge in [-0.3, -0.25) is 9.69 Å². The third-order valence-electron chi connectivity index (χ3n) is 3.06. The quantitative estimate of drug-likeness (QED) is 0.758. The van der Waals surface area contributed by atoms with Crippen LogP contribution in [0.15, 0.2) is 0 Å². The number of carbonyl (C=O) groups is 1. The minimum Gasteiger partial charge on any atom is -0.344 e. The SMILES string of the molecule is CC(C)CN1CC(C)CN(C)C(=O)C1CN. The van der Waals surface area contributed by atoms with Gasteiger partial charge in [0.2, 0.25) is 5.91 Å². The summed E-state index contributed by atoms with van der Waals surface area (Å²) in [6.07, 6.45) is 0. The van der Waals surface area contributed by atoms with Crippen molar-refractivity contribution in [2.45, 2.75) is 26.8 Å². The molecule has 1 fully saturated rings. The Morgan fingerprint density at radius 1 is 1.44 bits per heavy atom. The largest absolute Gasteiger partial charge is 0.344 e. The smallest absolute Gasteiger partial charge is 0.240 e. The molecule has 1 saturated heterocycles. The van der Waals surface area contributed by atoms with Gasteiger partial charge in [-0.25, -0.2) is 0 Å². The molecule has 16 heavy (non-hydrogen) atoms. The number of amides is 1. The average molecular weight is 227 g/mol. The lowest BCUT2D eigenvalue weighted by molar-refractivity contribution is -0.134. The van der Waals surface area contributed by atoms with Gasteiger partial charge in [0, 0.05) is 33.2 Å². The molecule has 0 spiro atoms. The highest BCUT2D eigenvalue weighted by atomic mass is 16.2. The van der Waals surface area contributed by atoms with E-state index >= 15 is 0 Å². The second kappa shape index (κ2) is 5.64. The van der Waals surface area contributed by atoms with Crippen LogP contribution in [-0.2, 0) is 4.79 Å². The summed E-state index contributed by atoms with van der Waals surface area (Å²) in [5.41, 5.74) is 5.75. The summed E-state index contributed by atoms with van der Waals surface area (Å²) in [5.74, 6) is 1.26. The van der Waals surface area contributed by atoms with Gasteiger partial charge in [0.05, 0.1) is 0 Å². The summed E-state index contributed by atoms with van der Waals surface area (Å²) >= 11 is 0. The Kier molecular flexibility index (Phi) is 4.74. The van der Waals surface area contributed by atoms with Crippen LogP contribution < -0.4 is 5.73 Å². The van der Waals surface area contributed by atoms with Crippen molar-refractivity contribution in [1.29, 1.82) is 0 Å². The van der Waals surface area contributed by atoms with Crippen LogP contribution in [-0.4, -0.2) is 55.0 Å². The van der Waals surface area contributed by atoms with E-state index in [0.717, 1.165) is 19.6 Å². The predicted octanol–water partition coefficient (Wildman–Crippen LogP) is 0.380. The Balaban J connectivity index is 2.81. The summed E-state index contributed by atoms with van der Waals surface area (Å²) in [6, 6.07) is -0.127. The molecule has 94 valence electrons. The molecule has 0 aromatic carbocycles. The zero-order valence-corrected chi connectivity index (χ0v) is 10.9. The maximum atomic E-state index is 12.1. The molecule has 0 aliphatic carbocycles. The number of hydrogen-bond donors (Lipinski definition) is 1. The van der Waals surface area contributed by atoms with E-state index in [9.17, 15) is 4.79 Å². The second-order valence-corrected chi connectivity index (χ2v) is 5.42. The Labute approximate surface area is 98.8 Å². The first-order chi connectivity index (χ1) is 7.45.